The SMILES string of the molecule is CC(C)c1ccc(NC(=O)N[C@@H]2c3ccccc3C[C@@H]2O)cc1. The van der Waals surface area contributed by atoms with Gasteiger partial charge in [0.2, 0.25) is 0 Å². The molecule has 0 spiro atoms. The second kappa shape index (κ2) is 6.42. The molecule has 0 bridgehead atoms. The quantitative estimate of drug-likeness (QED) is 0.811. The maximum absolute atomic E-state index is 12.2. The summed E-state index contributed by atoms with van der Waals surface area (Å²) in [6.07, 6.45) is -0.00836. The van der Waals surface area contributed by atoms with Crippen molar-refractivity contribution in [3.05, 3.63) is 65.2 Å². The van der Waals surface area contributed by atoms with Gasteiger partial charge >= 0.3 is 6.03 Å². The summed E-state index contributed by atoms with van der Waals surface area (Å²) in [7, 11) is 0. The normalized spacial score (nSPS) is 19.5. The van der Waals surface area contributed by atoms with Gasteiger partial charge in [0.15, 0.2) is 0 Å². The Balaban J connectivity index is 1.66. The highest BCUT2D eigenvalue weighted by molar-refractivity contribution is 5.89. The Kier molecular flexibility index (Phi) is 4.35. The lowest BCUT2D eigenvalue weighted by Crippen LogP contribution is -2.36. The van der Waals surface area contributed by atoms with Crippen molar-refractivity contribution in [2.45, 2.75) is 38.3 Å². The highest BCUT2D eigenvalue weighted by atomic mass is 16.3. The Labute approximate surface area is 136 Å². The second-order valence-corrected chi connectivity index (χ2v) is 6.32. The lowest BCUT2D eigenvalue weighted by Gasteiger charge is -2.18. The molecule has 0 fully saturated rings. The van der Waals surface area contributed by atoms with Crippen LogP contribution in [0, 0.1) is 0 Å². The van der Waals surface area contributed by atoms with Crippen LogP contribution < -0.4 is 10.6 Å². The predicted octanol–water partition coefficient (Wildman–Crippen LogP) is 3.59. The molecule has 3 rings (SSSR count). The number of aliphatic hydroxyl groups excluding tert-OH is 1. The largest absolute Gasteiger partial charge is 0.390 e. The number of carbonyl (C=O) groups is 1. The summed E-state index contributed by atoms with van der Waals surface area (Å²) < 4.78 is 0. The molecule has 2 atom stereocenters. The number of carbonyl (C=O) groups excluding carboxylic acids is 1. The minimum absolute atomic E-state index is 0.303. The van der Waals surface area contributed by atoms with Crippen LogP contribution >= 0.6 is 0 Å². The first kappa shape index (κ1) is 15.6. The van der Waals surface area contributed by atoms with E-state index in [2.05, 4.69) is 24.5 Å². The van der Waals surface area contributed by atoms with Gasteiger partial charge in [-0.15, -0.1) is 0 Å². The van der Waals surface area contributed by atoms with Crippen molar-refractivity contribution in [2.75, 3.05) is 5.32 Å². The minimum atomic E-state index is -0.582. The predicted molar refractivity (Wildman–Crippen MR) is 91.6 cm³/mol. The van der Waals surface area contributed by atoms with Crippen molar-refractivity contribution in [3.8, 4) is 0 Å². The van der Waals surface area contributed by atoms with E-state index >= 15 is 0 Å². The van der Waals surface area contributed by atoms with Gasteiger partial charge in [-0.2, -0.15) is 0 Å². The molecular weight excluding hydrogens is 288 g/mol. The van der Waals surface area contributed by atoms with Gasteiger partial charge in [0.05, 0.1) is 12.1 Å². The van der Waals surface area contributed by atoms with E-state index in [1.54, 1.807) is 0 Å². The number of nitrogens with one attached hydrogen (secondary N) is 2. The topological polar surface area (TPSA) is 61.4 Å². The summed E-state index contributed by atoms with van der Waals surface area (Å²) >= 11 is 0. The molecule has 0 radical (unpaired) electrons. The highest BCUT2D eigenvalue weighted by Crippen LogP contribution is 2.31. The fourth-order valence-electron chi connectivity index (χ4n) is 3.01. The van der Waals surface area contributed by atoms with Gasteiger partial charge in [-0.1, -0.05) is 50.2 Å². The summed E-state index contributed by atoms with van der Waals surface area (Å²) in [6, 6.07) is 15.0. The van der Waals surface area contributed by atoms with Crippen LogP contribution in [0.25, 0.3) is 0 Å². The Hall–Kier alpha value is -2.33. The zero-order chi connectivity index (χ0) is 16.4. The smallest absolute Gasteiger partial charge is 0.319 e. The average Bonchev–Trinajstić information content (AvgIpc) is 2.84. The molecule has 1 aliphatic carbocycles. The van der Waals surface area contributed by atoms with Crippen LogP contribution in [0.3, 0.4) is 0 Å². The van der Waals surface area contributed by atoms with Crippen LogP contribution in [0.5, 0.6) is 0 Å². The molecule has 2 amide bonds. The van der Waals surface area contributed by atoms with Gasteiger partial charge in [-0.3, -0.25) is 0 Å². The maximum atomic E-state index is 12.2. The molecule has 0 aliphatic heterocycles. The van der Waals surface area contributed by atoms with Gasteiger partial charge in [0, 0.05) is 12.1 Å². The first-order chi connectivity index (χ1) is 11.0. The lowest BCUT2D eigenvalue weighted by atomic mass is 10.0. The molecule has 0 aromatic heterocycles. The molecule has 0 saturated carbocycles. The van der Waals surface area contributed by atoms with Crippen LogP contribution in [0.1, 0.15) is 42.5 Å². The molecule has 2 aromatic rings. The van der Waals surface area contributed by atoms with Gasteiger partial charge in [-0.05, 0) is 34.7 Å². The number of fused-ring (bicyclic) bond motifs is 1. The van der Waals surface area contributed by atoms with Crippen LogP contribution in [-0.2, 0) is 6.42 Å². The van der Waals surface area contributed by atoms with Crippen molar-refractivity contribution >= 4 is 11.7 Å². The Bertz CT molecular complexity index is 695. The fraction of sp³-hybridized carbons (Fsp3) is 0.316. The Morgan fingerprint density at radius 2 is 1.83 bits per heavy atom. The number of hydrogen-bond donors (Lipinski definition) is 3. The van der Waals surface area contributed by atoms with Crippen molar-refractivity contribution in [1.29, 1.82) is 0 Å². The monoisotopic (exact) mass is 310 g/mol. The van der Waals surface area contributed by atoms with E-state index in [1.807, 2.05) is 48.5 Å². The van der Waals surface area contributed by atoms with Crippen molar-refractivity contribution in [2.24, 2.45) is 0 Å². The maximum Gasteiger partial charge on any atom is 0.319 e. The Morgan fingerprint density at radius 3 is 2.52 bits per heavy atom. The summed E-state index contributed by atoms with van der Waals surface area (Å²) in [5.41, 5.74) is 4.06. The zero-order valence-corrected chi connectivity index (χ0v) is 13.4. The molecule has 4 nitrogen and oxygen atoms in total. The standard InChI is InChI=1S/C19H22N2O2/c1-12(2)13-7-9-15(10-8-13)20-19(23)21-18-16-6-4-3-5-14(16)11-17(18)22/h3-10,12,17-18,22H,11H2,1-2H3,(H2,20,21,23)/t17-,18+/m0/s1. The van der Waals surface area contributed by atoms with E-state index < -0.39 is 6.10 Å². The third-order valence-electron chi connectivity index (χ3n) is 4.33. The third kappa shape index (κ3) is 3.37. The van der Waals surface area contributed by atoms with E-state index in [-0.39, 0.29) is 12.1 Å². The van der Waals surface area contributed by atoms with Crippen molar-refractivity contribution in [1.82, 2.24) is 5.32 Å². The van der Waals surface area contributed by atoms with Crippen LogP contribution in [0.4, 0.5) is 10.5 Å². The van der Waals surface area contributed by atoms with Crippen LogP contribution in [0.2, 0.25) is 0 Å². The van der Waals surface area contributed by atoms with E-state index in [4.69, 9.17) is 0 Å². The molecule has 0 heterocycles. The average molecular weight is 310 g/mol. The molecule has 0 unspecified atom stereocenters. The van der Waals surface area contributed by atoms with Crippen LogP contribution in [-0.4, -0.2) is 17.2 Å². The number of urea groups is 1. The number of anilines is 1. The van der Waals surface area contributed by atoms with E-state index in [0.29, 0.717) is 12.3 Å². The molecule has 4 heteroatoms. The van der Waals surface area contributed by atoms with Gasteiger partial charge in [0.1, 0.15) is 0 Å². The van der Waals surface area contributed by atoms with Crippen LogP contribution in [0.15, 0.2) is 48.5 Å². The number of hydrogen-bond acceptors (Lipinski definition) is 2. The summed E-state index contributed by atoms with van der Waals surface area (Å²) in [4.78, 5) is 12.2. The lowest BCUT2D eigenvalue weighted by molar-refractivity contribution is 0.144. The summed E-state index contributed by atoms with van der Waals surface area (Å²) in [6.45, 7) is 4.27. The third-order valence-corrected chi connectivity index (χ3v) is 4.33. The number of rotatable bonds is 3. The van der Waals surface area contributed by atoms with Crippen molar-refractivity contribution in [3.63, 3.8) is 0 Å². The molecule has 23 heavy (non-hydrogen) atoms. The number of aliphatic hydroxyl groups is 1. The second-order valence-electron chi connectivity index (χ2n) is 6.32. The van der Waals surface area contributed by atoms with Gasteiger partial charge in [-0.25, -0.2) is 4.79 Å². The van der Waals surface area contributed by atoms with E-state index in [1.165, 1.54) is 5.56 Å². The molecule has 0 saturated heterocycles. The molecular formula is C19H22N2O2. The minimum Gasteiger partial charge on any atom is -0.390 e. The fourth-order valence-corrected chi connectivity index (χ4v) is 3.01. The van der Waals surface area contributed by atoms with Crippen molar-refractivity contribution < 1.29 is 9.90 Å². The summed E-state index contributed by atoms with van der Waals surface area (Å²) in [5.74, 6) is 0.461. The first-order valence-electron chi connectivity index (χ1n) is 7.98. The van der Waals surface area contributed by atoms with E-state index in [0.717, 1.165) is 16.8 Å². The molecule has 120 valence electrons. The van der Waals surface area contributed by atoms with Gasteiger partial charge < -0.3 is 15.7 Å². The molecule has 2 aromatic carbocycles. The molecule has 3 N–H and O–H groups in total. The zero-order valence-electron chi connectivity index (χ0n) is 13.4. The summed E-state index contributed by atoms with van der Waals surface area (Å²) in [5, 5.41) is 15.9. The van der Waals surface area contributed by atoms with E-state index in [9.17, 15) is 9.90 Å². The highest BCUT2D eigenvalue weighted by Gasteiger charge is 2.31. The first-order valence-corrected chi connectivity index (χ1v) is 7.98. The Morgan fingerprint density at radius 1 is 1.13 bits per heavy atom. The number of benzene rings is 2. The van der Waals surface area contributed by atoms with Gasteiger partial charge in [0.25, 0.3) is 0 Å². The number of amides is 2. The molecule has 1 aliphatic rings.